The van der Waals surface area contributed by atoms with Gasteiger partial charge >= 0.3 is 0 Å². The molecule has 0 bridgehead atoms. The molecule has 2 N–H and O–H groups in total. The van der Waals surface area contributed by atoms with Gasteiger partial charge in [0.1, 0.15) is 0 Å². The molecule has 0 aromatic carbocycles. The quantitative estimate of drug-likeness (QED) is 0.898. The van der Waals surface area contributed by atoms with Crippen molar-refractivity contribution in [3.63, 3.8) is 0 Å². The first kappa shape index (κ1) is 15.4. The number of nitrogens with zero attached hydrogens (tertiary/aromatic N) is 3. The van der Waals surface area contributed by atoms with E-state index in [0.717, 1.165) is 43.4 Å². The molecule has 0 saturated carbocycles. The molecule has 0 radical (unpaired) electrons. The summed E-state index contributed by atoms with van der Waals surface area (Å²) in [6.07, 6.45) is 1.15. The molecule has 1 aliphatic heterocycles. The number of thiazole rings is 1. The van der Waals surface area contributed by atoms with E-state index in [1.165, 1.54) is 0 Å². The molecule has 1 aliphatic rings. The van der Waals surface area contributed by atoms with E-state index in [4.69, 9.17) is 5.73 Å². The number of nitrogens with two attached hydrogens (primary N) is 1. The van der Waals surface area contributed by atoms with Crippen LogP contribution in [0.1, 0.15) is 32.9 Å². The maximum atomic E-state index is 11.5. The van der Waals surface area contributed by atoms with Crippen molar-refractivity contribution in [3.05, 3.63) is 11.1 Å². The predicted octanol–water partition coefficient (Wildman–Crippen LogP) is 1.69. The van der Waals surface area contributed by atoms with Crippen molar-refractivity contribution >= 4 is 22.4 Å². The highest BCUT2D eigenvalue weighted by atomic mass is 32.1. The van der Waals surface area contributed by atoms with Gasteiger partial charge in [-0.05, 0) is 31.8 Å². The van der Waals surface area contributed by atoms with E-state index < -0.39 is 0 Å². The molecule has 5 nitrogen and oxygen atoms in total. The maximum absolute atomic E-state index is 11.5. The molecule has 1 amide bonds. The molecule has 1 aromatic rings. The minimum absolute atomic E-state index is 0.0466. The van der Waals surface area contributed by atoms with Crippen LogP contribution in [-0.4, -0.2) is 42.0 Å². The molecule has 1 saturated heterocycles. The Hall–Kier alpha value is -0.980. The molecule has 1 aromatic heterocycles. The van der Waals surface area contributed by atoms with Crippen molar-refractivity contribution in [2.45, 2.75) is 33.7 Å². The highest BCUT2D eigenvalue weighted by molar-refractivity contribution is 7.14. The number of carbonyl (C=O) groups is 1. The Morgan fingerprint density at radius 2 is 2.40 bits per heavy atom. The number of anilines is 1. The third kappa shape index (κ3) is 3.37. The van der Waals surface area contributed by atoms with E-state index in [-0.39, 0.29) is 11.3 Å². The first-order chi connectivity index (χ1) is 9.47. The van der Waals surface area contributed by atoms with Crippen LogP contribution in [0.4, 0.5) is 5.13 Å². The van der Waals surface area contributed by atoms with Gasteiger partial charge in [0.25, 0.3) is 0 Å². The van der Waals surface area contributed by atoms with E-state index in [9.17, 15) is 4.79 Å². The molecule has 1 fully saturated rings. The largest absolute Gasteiger partial charge is 0.330 e. The fourth-order valence-corrected chi connectivity index (χ4v) is 3.57. The summed E-state index contributed by atoms with van der Waals surface area (Å²) in [4.78, 5) is 20.2. The van der Waals surface area contributed by atoms with Crippen LogP contribution in [0.25, 0.3) is 0 Å². The van der Waals surface area contributed by atoms with Crippen molar-refractivity contribution in [2.24, 2.45) is 11.1 Å². The van der Waals surface area contributed by atoms with Crippen LogP contribution in [-0.2, 0) is 11.3 Å². The smallest absolute Gasteiger partial charge is 0.225 e. The molecular formula is C14H24N4OS. The number of carbonyl (C=O) groups excluding carboxylic acids is 1. The minimum Gasteiger partial charge on any atom is -0.330 e. The van der Waals surface area contributed by atoms with Gasteiger partial charge in [-0.3, -0.25) is 14.6 Å². The standard InChI is InChI=1S/C14H24N4OS/c1-4-18(11(2)19)13-16-12(8-20-13)7-17-6-5-14(3,9-15)10-17/h8H,4-7,9-10,15H2,1-3H3. The minimum atomic E-state index is 0.0466. The lowest BCUT2D eigenvalue weighted by Gasteiger charge is -2.22. The normalized spacial score (nSPS) is 23.2. The predicted molar refractivity (Wildman–Crippen MR) is 82.9 cm³/mol. The molecular weight excluding hydrogens is 272 g/mol. The lowest BCUT2D eigenvalue weighted by molar-refractivity contribution is -0.116. The monoisotopic (exact) mass is 296 g/mol. The van der Waals surface area contributed by atoms with Crippen molar-refractivity contribution < 1.29 is 4.79 Å². The SMILES string of the molecule is CCN(C(C)=O)c1nc(CN2CCC(C)(CN)C2)cs1. The lowest BCUT2D eigenvalue weighted by atomic mass is 9.90. The van der Waals surface area contributed by atoms with Crippen LogP contribution in [0.15, 0.2) is 5.38 Å². The molecule has 2 heterocycles. The second-order valence-electron chi connectivity index (χ2n) is 5.86. The number of aromatic nitrogens is 1. The van der Waals surface area contributed by atoms with Crippen molar-refractivity contribution in [2.75, 3.05) is 31.1 Å². The van der Waals surface area contributed by atoms with Crippen molar-refractivity contribution in [3.8, 4) is 0 Å². The van der Waals surface area contributed by atoms with Crippen LogP contribution in [0.5, 0.6) is 0 Å². The highest BCUT2D eigenvalue weighted by Crippen LogP contribution is 2.30. The Balaban J connectivity index is 1.99. The van der Waals surface area contributed by atoms with Crippen LogP contribution >= 0.6 is 11.3 Å². The van der Waals surface area contributed by atoms with Crippen LogP contribution in [0.2, 0.25) is 0 Å². The highest BCUT2D eigenvalue weighted by Gasteiger charge is 2.32. The molecule has 20 heavy (non-hydrogen) atoms. The third-order valence-corrected chi connectivity index (χ3v) is 4.89. The van der Waals surface area contributed by atoms with Crippen molar-refractivity contribution in [1.82, 2.24) is 9.88 Å². The second kappa shape index (κ2) is 6.20. The first-order valence-corrected chi connectivity index (χ1v) is 8.00. The first-order valence-electron chi connectivity index (χ1n) is 7.12. The van der Waals surface area contributed by atoms with Crippen LogP contribution in [0, 0.1) is 5.41 Å². The summed E-state index contributed by atoms with van der Waals surface area (Å²) in [5.74, 6) is 0.0466. The number of hydrogen-bond donors (Lipinski definition) is 1. The molecule has 112 valence electrons. The summed E-state index contributed by atoms with van der Waals surface area (Å²) < 4.78 is 0. The van der Waals surface area contributed by atoms with E-state index in [1.54, 1.807) is 23.2 Å². The lowest BCUT2D eigenvalue weighted by Crippen LogP contribution is -2.31. The molecule has 0 spiro atoms. The molecule has 1 atom stereocenters. The Labute approximate surface area is 124 Å². The van der Waals surface area contributed by atoms with E-state index in [1.807, 2.05) is 6.92 Å². The Kier molecular flexibility index (Phi) is 4.78. The van der Waals surface area contributed by atoms with Crippen molar-refractivity contribution in [1.29, 1.82) is 0 Å². The Bertz CT molecular complexity index is 475. The zero-order valence-electron chi connectivity index (χ0n) is 12.6. The Morgan fingerprint density at radius 3 is 2.95 bits per heavy atom. The summed E-state index contributed by atoms with van der Waals surface area (Å²) in [6, 6.07) is 0. The maximum Gasteiger partial charge on any atom is 0.225 e. The summed E-state index contributed by atoms with van der Waals surface area (Å²) in [7, 11) is 0. The summed E-state index contributed by atoms with van der Waals surface area (Å²) in [5, 5.41) is 2.86. The number of rotatable bonds is 5. The summed E-state index contributed by atoms with van der Waals surface area (Å²) in [5.41, 5.74) is 7.13. The van der Waals surface area contributed by atoms with Gasteiger partial charge in [0.2, 0.25) is 5.91 Å². The molecule has 1 unspecified atom stereocenters. The zero-order valence-corrected chi connectivity index (χ0v) is 13.4. The zero-order chi connectivity index (χ0) is 14.8. The van der Waals surface area contributed by atoms with Gasteiger partial charge in [0, 0.05) is 31.9 Å². The van der Waals surface area contributed by atoms with Gasteiger partial charge in [0.05, 0.1) is 5.69 Å². The summed E-state index contributed by atoms with van der Waals surface area (Å²) >= 11 is 1.54. The third-order valence-electron chi connectivity index (χ3n) is 3.98. The molecule has 6 heteroatoms. The number of likely N-dealkylation sites (tertiary alicyclic amines) is 1. The van der Waals surface area contributed by atoms with Gasteiger partial charge in [-0.25, -0.2) is 4.98 Å². The number of hydrogen-bond acceptors (Lipinski definition) is 5. The van der Waals surface area contributed by atoms with E-state index >= 15 is 0 Å². The van der Waals surface area contributed by atoms with Crippen LogP contribution in [0.3, 0.4) is 0 Å². The Morgan fingerprint density at radius 1 is 1.65 bits per heavy atom. The van der Waals surface area contributed by atoms with Gasteiger partial charge in [-0.2, -0.15) is 0 Å². The topological polar surface area (TPSA) is 62.5 Å². The summed E-state index contributed by atoms with van der Waals surface area (Å²) in [6.45, 7) is 10.1. The van der Waals surface area contributed by atoms with Gasteiger partial charge < -0.3 is 5.73 Å². The molecule has 0 aliphatic carbocycles. The van der Waals surface area contributed by atoms with E-state index in [2.05, 4.69) is 22.2 Å². The van der Waals surface area contributed by atoms with Gasteiger partial charge in [-0.15, -0.1) is 11.3 Å². The van der Waals surface area contributed by atoms with Gasteiger partial charge in [-0.1, -0.05) is 6.92 Å². The average Bonchev–Trinajstić information content (AvgIpc) is 2.99. The van der Waals surface area contributed by atoms with Crippen LogP contribution < -0.4 is 10.6 Å². The average molecular weight is 296 g/mol. The number of amides is 1. The second-order valence-corrected chi connectivity index (χ2v) is 6.70. The fraction of sp³-hybridized carbons (Fsp3) is 0.714. The fourth-order valence-electron chi connectivity index (χ4n) is 2.64. The van der Waals surface area contributed by atoms with E-state index in [0.29, 0.717) is 6.54 Å². The van der Waals surface area contributed by atoms with Gasteiger partial charge in [0.15, 0.2) is 5.13 Å². The molecule has 2 rings (SSSR count).